The molecule has 110 valence electrons. The van der Waals surface area contributed by atoms with Crippen LogP contribution in [0.4, 0.5) is 5.69 Å². The first-order chi connectivity index (χ1) is 10.1. The van der Waals surface area contributed by atoms with E-state index in [2.05, 4.69) is 48.7 Å². The number of hydrogen-bond donors (Lipinski definition) is 2. The Labute approximate surface area is 126 Å². The van der Waals surface area contributed by atoms with Crippen molar-refractivity contribution >= 4 is 11.6 Å². The van der Waals surface area contributed by atoms with E-state index in [0.29, 0.717) is 6.42 Å². The molecule has 0 heterocycles. The van der Waals surface area contributed by atoms with Gasteiger partial charge in [0, 0.05) is 18.8 Å². The third-order valence-electron chi connectivity index (χ3n) is 3.52. The van der Waals surface area contributed by atoms with Crippen LogP contribution >= 0.6 is 0 Å². The normalized spacial score (nSPS) is 11.8. The monoisotopic (exact) mass is 282 g/mol. The number of benzene rings is 2. The van der Waals surface area contributed by atoms with Crippen molar-refractivity contribution in [2.24, 2.45) is 0 Å². The van der Waals surface area contributed by atoms with Gasteiger partial charge in [0.1, 0.15) is 0 Å². The summed E-state index contributed by atoms with van der Waals surface area (Å²) in [6.45, 7) is 4.25. The Hall–Kier alpha value is -2.29. The van der Waals surface area contributed by atoms with Crippen LogP contribution < -0.4 is 10.6 Å². The Balaban J connectivity index is 2.01. The number of rotatable bonds is 5. The third kappa shape index (κ3) is 4.35. The summed E-state index contributed by atoms with van der Waals surface area (Å²) in [5.74, 6) is 0.0313. The molecule has 1 amide bonds. The molecule has 3 heteroatoms. The van der Waals surface area contributed by atoms with Crippen LogP contribution in [0.5, 0.6) is 0 Å². The molecule has 2 aromatic carbocycles. The van der Waals surface area contributed by atoms with Gasteiger partial charge in [0.15, 0.2) is 0 Å². The summed E-state index contributed by atoms with van der Waals surface area (Å²) in [6.07, 6.45) is 0.421. The average molecular weight is 282 g/mol. The molecular formula is C18H22N2O. The fraction of sp³-hybridized carbons (Fsp3) is 0.278. The van der Waals surface area contributed by atoms with Gasteiger partial charge >= 0.3 is 0 Å². The molecule has 0 aromatic heterocycles. The summed E-state index contributed by atoms with van der Waals surface area (Å²) >= 11 is 0. The molecule has 0 aliphatic carbocycles. The first kappa shape index (κ1) is 15.1. The molecule has 2 aromatic rings. The summed E-state index contributed by atoms with van der Waals surface area (Å²) in [4.78, 5) is 11.3. The Morgan fingerprint density at radius 3 is 2.48 bits per heavy atom. The number of likely N-dealkylation sites (N-methyl/N-ethyl adjacent to an activating group) is 1. The minimum Gasteiger partial charge on any atom is -0.379 e. The van der Waals surface area contributed by atoms with Crippen molar-refractivity contribution in [3.8, 4) is 0 Å². The van der Waals surface area contributed by atoms with Crippen LogP contribution in [0.15, 0.2) is 48.5 Å². The van der Waals surface area contributed by atoms with Gasteiger partial charge in [-0.25, -0.2) is 0 Å². The summed E-state index contributed by atoms with van der Waals surface area (Å²) < 4.78 is 0. The van der Waals surface area contributed by atoms with Gasteiger partial charge in [0.05, 0.1) is 6.42 Å². The molecule has 0 radical (unpaired) electrons. The molecule has 0 fully saturated rings. The van der Waals surface area contributed by atoms with Crippen molar-refractivity contribution in [2.45, 2.75) is 26.3 Å². The molecule has 3 nitrogen and oxygen atoms in total. The van der Waals surface area contributed by atoms with Crippen molar-refractivity contribution in [2.75, 3.05) is 12.4 Å². The first-order valence-electron chi connectivity index (χ1n) is 7.21. The Morgan fingerprint density at radius 2 is 1.86 bits per heavy atom. The van der Waals surface area contributed by atoms with Crippen LogP contribution in [-0.2, 0) is 11.2 Å². The van der Waals surface area contributed by atoms with Crippen molar-refractivity contribution < 1.29 is 4.79 Å². The van der Waals surface area contributed by atoms with Gasteiger partial charge in [-0.1, -0.05) is 42.0 Å². The van der Waals surface area contributed by atoms with Crippen LogP contribution in [0.3, 0.4) is 0 Å². The predicted molar refractivity (Wildman–Crippen MR) is 87.4 cm³/mol. The Morgan fingerprint density at radius 1 is 1.14 bits per heavy atom. The Kier molecular flexibility index (Phi) is 4.99. The van der Waals surface area contributed by atoms with Gasteiger partial charge in [-0.15, -0.1) is 0 Å². The fourth-order valence-corrected chi connectivity index (χ4v) is 2.27. The molecule has 2 N–H and O–H groups in total. The van der Waals surface area contributed by atoms with Gasteiger partial charge < -0.3 is 10.6 Å². The number of hydrogen-bond acceptors (Lipinski definition) is 2. The maximum atomic E-state index is 11.3. The lowest BCUT2D eigenvalue weighted by atomic mass is 10.1. The van der Waals surface area contributed by atoms with Gasteiger partial charge in [-0.05, 0) is 37.1 Å². The van der Waals surface area contributed by atoms with Crippen LogP contribution in [0.2, 0.25) is 0 Å². The first-order valence-corrected chi connectivity index (χ1v) is 7.21. The highest BCUT2D eigenvalue weighted by Gasteiger charge is 2.06. The molecular weight excluding hydrogens is 260 g/mol. The minimum atomic E-state index is 0.0313. The maximum Gasteiger partial charge on any atom is 0.224 e. The molecule has 0 aliphatic heterocycles. The predicted octanol–water partition coefficient (Wildman–Crippen LogP) is 3.46. The zero-order chi connectivity index (χ0) is 15.2. The highest BCUT2D eigenvalue weighted by molar-refractivity contribution is 5.78. The number of aryl methyl sites for hydroxylation is 1. The van der Waals surface area contributed by atoms with Crippen molar-refractivity contribution in [3.05, 3.63) is 65.2 Å². The van der Waals surface area contributed by atoms with E-state index < -0.39 is 0 Å². The molecule has 0 aliphatic rings. The fourth-order valence-electron chi connectivity index (χ4n) is 2.27. The smallest absolute Gasteiger partial charge is 0.224 e. The van der Waals surface area contributed by atoms with E-state index in [0.717, 1.165) is 11.3 Å². The van der Waals surface area contributed by atoms with E-state index in [1.54, 1.807) is 7.05 Å². The molecule has 0 saturated carbocycles. The van der Waals surface area contributed by atoms with Crippen molar-refractivity contribution in [1.29, 1.82) is 0 Å². The second kappa shape index (κ2) is 6.93. The van der Waals surface area contributed by atoms with E-state index in [4.69, 9.17) is 0 Å². The highest BCUT2D eigenvalue weighted by atomic mass is 16.1. The maximum absolute atomic E-state index is 11.3. The van der Waals surface area contributed by atoms with Gasteiger partial charge in [0.25, 0.3) is 0 Å². The zero-order valence-electron chi connectivity index (χ0n) is 12.8. The van der Waals surface area contributed by atoms with Gasteiger partial charge in [0.2, 0.25) is 5.91 Å². The van der Waals surface area contributed by atoms with Crippen molar-refractivity contribution in [1.82, 2.24) is 5.32 Å². The quantitative estimate of drug-likeness (QED) is 0.882. The summed E-state index contributed by atoms with van der Waals surface area (Å²) in [7, 11) is 1.65. The molecule has 0 saturated heterocycles. The second-order valence-electron chi connectivity index (χ2n) is 5.33. The molecule has 0 spiro atoms. The van der Waals surface area contributed by atoms with E-state index in [1.165, 1.54) is 11.1 Å². The van der Waals surface area contributed by atoms with Crippen LogP contribution in [-0.4, -0.2) is 13.0 Å². The van der Waals surface area contributed by atoms with E-state index >= 15 is 0 Å². The van der Waals surface area contributed by atoms with Crippen LogP contribution in [0.1, 0.15) is 29.7 Å². The van der Waals surface area contributed by atoms with Gasteiger partial charge in [-0.3, -0.25) is 4.79 Å². The third-order valence-corrected chi connectivity index (χ3v) is 3.52. The summed E-state index contributed by atoms with van der Waals surface area (Å²) in [5, 5.41) is 6.11. The lowest BCUT2D eigenvalue weighted by Gasteiger charge is -2.16. The summed E-state index contributed by atoms with van der Waals surface area (Å²) in [5.41, 5.74) is 4.61. The van der Waals surface area contributed by atoms with Crippen LogP contribution in [0.25, 0.3) is 0 Å². The Bertz CT molecular complexity index is 605. The van der Waals surface area contributed by atoms with Gasteiger partial charge in [-0.2, -0.15) is 0 Å². The SMILES string of the molecule is CNC(=O)Cc1ccc(NC(C)c2cccc(C)c2)cc1. The van der Waals surface area contributed by atoms with E-state index in [1.807, 2.05) is 24.3 Å². The number of amides is 1. The number of anilines is 1. The lowest BCUT2D eigenvalue weighted by molar-refractivity contribution is -0.119. The standard InChI is InChI=1S/C18H22N2O/c1-13-5-4-6-16(11-13)14(2)20-17-9-7-15(8-10-17)12-18(21)19-3/h4-11,14,20H,12H2,1-3H3,(H,19,21). The number of nitrogens with one attached hydrogen (secondary N) is 2. The minimum absolute atomic E-state index is 0.0313. The molecule has 2 rings (SSSR count). The van der Waals surface area contributed by atoms with E-state index in [9.17, 15) is 4.79 Å². The molecule has 21 heavy (non-hydrogen) atoms. The largest absolute Gasteiger partial charge is 0.379 e. The molecule has 1 unspecified atom stereocenters. The summed E-state index contributed by atoms with van der Waals surface area (Å²) in [6, 6.07) is 16.8. The second-order valence-corrected chi connectivity index (χ2v) is 5.33. The topological polar surface area (TPSA) is 41.1 Å². The highest BCUT2D eigenvalue weighted by Crippen LogP contribution is 2.20. The molecule has 0 bridgehead atoms. The van der Waals surface area contributed by atoms with Crippen LogP contribution in [0, 0.1) is 6.92 Å². The molecule has 1 atom stereocenters. The number of carbonyl (C=O) groups is 1. The zero-order valence-corrected chi connectivity index (χ0v) is 12.8. The lowest BCUT2D eigenvalue weighted by Crippen LogP contribution is -2.19. The van der Waals surface area contributed by atoms with Crippen molar-refractivity contribution in [3.63, 3.8) is 0 Å². The average Bonchev–Trinajstić information content (AvgIpc) is 2.49. The van der Waals surface area contributed by atoms with E-state index in [-0.39, 0.29) is 11.9 Å². The number of carbonyl (C=O) groups excluding carboxylic acids is 1.